The van der Waals surface area contributed by atoms with Gasteiger partial charge in [0.1, 0.15) is 0 Å². The van der Waals surface area contributed by atoms with E-state index in [-0.39, 0.29) is 0 Å². The predicted molar refractivity (Wildman–Crippen MR) is 179 cm³/mol. The highest BCUT2D eigenvalue weighted by Crippen LogP contribution is 2.42. The Hall–Kier alpha value is -4.63. The van der Waals surface area contributed by atoms with Crippen molar-refractivity contribution in [2.75, 3.05) is 4.90 Å². The van der Waals surface area contributed by atoms with Gasteiger partial charge in [0, 0.05) is 42.3 Å². The molecule has 1 heterocycles. The van der Waals surface area contributed by atoms with Crippen molar-refractivity contribution in [1.82, 2.24) is 0 Å². The number of hydrogen-bond acceptors (Lipinski definition) is 2. The van der Waals surface area contributed by atoms with Crippen LogP contribution in [0.3, 0.4) is 0 Å². The zero-order chi connectivity index (χ0) is 27.3. The SMILES string of the molecule is Clc1ccc2c(ccc3cc(N(c4ccc(-c5ccccc5)cc4)c4ccc5c(c4)sc4ccccc45)ccc32)c1. The Balaban J connectivity index is 1.30. The van der Waals surface area contributed by atoms with Crippen LogP contribution in [0.1, 0.15) is 0 Å². The van der Waals surface area contributed by atoms with E-state index in [0.29, 0.717) is 0 Å². The summed E-state index contributed by atoms with van der Waals surface area (Å²) in [6.07, 6.45) is 0. The van der Waals surface area contributed by atoms with Crippen molar-refractivity contribution in [3.05, 3.63) is 151 Å². The fourth-order valence-corrected chi connectivity index (χ4v) is 7.22. The van der Waals surface area contributed by atoms with E-state index in [1.165, 1.54) is 47.5 Å². The third-order valence-electron chi connectivity index (χ3n) is 7.89. The molecule has 0 saturated heterocycles. The van der Waals surface area contributed by atoms with Crippen molar-refractivity contribution < 1.29 is 0 Å². The van der Waals surface area contributed by atoms with Gasteiger partial charge in [0.2, 0.25) is 0 Å². The third-order valence-corrected chi connectivity index (χ3v) is 9.26. The zero-order valence-corrected chi connectivity index (χ0v) is 23.7. The summed E-state index contributed by atoms with van der Waals surface area (Å²) in [6.45, 7) is 0. The molecule has 0 radical (unpaired) electrons. The number of benzene rings is 7. The Morgan fingerprint density at radius 1 is 0.415 bits per heavy atom. The summed E-state index contributed by atoms with van der Waals surface area (Å²) < 4.78 is 2.61. The number of thiophene rings is 1. The monoisotopic (exact) mass is 561 g/mol. The van der Waals surface area contributed by atoms with Crippen LogP contribution in [-0.2, 0) is 0 Å². The molecule has 0 N–H and O–H groups in total. The molecule has 0 aliphatic heterocycles. The number of halogens is 1. The summed E-state index contributed by atoms with van der Waals surface area (Å²) in [5.41, 5.74) is 5.81. The lowest BCUT2D eigenvalue weighted by molar-refractivity contribution is 1.30. The van der Waals surface area contributed by atoms with Crippen LogP contribution in [0.25, 0.3) is 52.8 Å². The Morgan fingerprint density at radius 2 is 1.00 bits per heavy atom. The molecule has 0 aliphatic rings. The molecule has 0 unspecified atom stereocenters. The predicted octanol–water partition coefficient (Wildman–Crippen LogP) is 12.2. The molecule has 0 saturated carbocycles. The van der Waals surface area contributed by atoms with Gasteiger partial charge >= 0.3 is 0 Å². The summed E-state index contributed by atoms with van der Waals surface area (Å²) in [7, 11) is 0. The van der Waals surface area contributed by atoms with Crippen molar-refractivity contribution in [2.45, 2.75) is 0 Å². The fraction of sp³-hybridized carbons (Fsp3) is 0. The molecule has 1 nitrogen and oxygen atoms in total. The average molecular weight is 562 g/mol. The molecule has 0 bridgehead atoms. The van der Waals surface area contributed by atoms with Crippen molar-refractivity contribution in [1.29, 1.82) is 0 Å². The Morgan fingerprint density at radius 3 is 1.80 bits per heavy atom. The second kappa shape index (κ2) is 9.78. The second-order valence-corrected chi connectivity index (χ2v) is 11.9. The van der Waals surface area contributed by atoms with E-state index in [0.717, 1.165) is 27.5 Å². The third kappa shape index (κ3) is 4.24. The van der Waals surface area contributed by atoms with Gasteiger partial charge in [-0.15, -0.1) is 11.3 Å². The smallest absolute Gasteiger partial charge is 0.0476 e. The summed E-state index contributed by atoms with van der Waals surface area (Å²) in [5, 5.41) is 8.17. The normalized spacial score (nSPS) is 11.5. The maximum absolute atomic E-state index is 6.28. The summed E-state index contributed by atoms with van der Waals surface area (Å²) in [4.78, 5) is 2.37. The molecule has 0 spiro atoms. The lowest BCUT2D eigenvalue weighted by atomic mass is 10.0. The van der Waals surface area contributed by atoms with Crippen molar-refractivity contribution in [3.8, 4) is 11.1 Å². The molecule has 8 rings (SSSR count). The first kappa shape index (κ1) is 24.2. The van der Waals surface area contributed by atoms with Gasteiger partial charge in [-0.05, 0) is 87.3 Å². The van der Waals surface area contributed by atoms with Crippen LogP contribution in [0.15, 0.2) is 146 Å². The summed E-state index contributed by atoms with van der Waals surface area (Å²) in [5.74, 6) is 0. The van der Waals surface area contributed by atoms with Crippen molar-refractivity contribution in [3.63, 3.8) is 0 Å². The van der Waals surface area contributed by atoms with Crippen LogP contribution in [0, 0.1) is 0 Å². The van der Waals surface area contributed by atoms with Crippen molar-refractivity contribution in [2.24, 2.45) is 0 Å². The molecule has 0 amide bonds. The van der Waals surface area contributed by atoms with Crippen LogP contribution in [-0.4, -0.2) is 0 Å². The molecular weight excluding hydrogens is 538 g/mol. The molecule has 194 valence electrons. The first-order chi connectivity index (χ1) is 20.2. The van der Waals surface area contributed by atoms with Crippen molar-refractivity contribution >= 4 is 81.7 Å². The maximum Gasteiger partial charge on any atom is 0.0476 e. The second-order valence-electron chi connectivity index (χ2n) is 10.4. The highest BCUT2D eigenvalue weighted by Gasteiger charge is 2.16. The summed E-state index contributed by atoms with van der Waals surface area (Å²) >= 11 is 8.13. The Bertz CT molecular complexity index is 2210. The van der Waals surface area contributed by atoms with Gasteiger partial charge in [-0.2, -0.15) is 0 Å². The van der Waals surface area contributed by atoms with Crippen LogP contribution in [0.5, 0.6) is 0 Å². The molecule has 0 fully saturated rings. The lowest BCUT2D eigenvalue weighted by Gasteiger charge is -2.26. The van der Waals surface area contributed by atoms with Gasteiger partial charge in [-0.1, -0.05) is 103 Å². The molecule has 3 heteroatoms. The molecule has 41 heavy (non-hydrogen) atoms. The Labute approximate surface area is 247 Å². The van der Waals surface area contributed by atoms with Gasteiger partial charge in [-0.3, -0.25) is 0 Å². The first-order valence-electron chi connectivity index (χ1n) is 13.7. The average Bonchev–Trinajstić information content (AvgIpc) is 3.40. The zero-order valence-electron chi connectivity index (χ0n) is 22.1. The van der Waals surface area contributed by atoms with E-state index in [4.69, 9.17) is 11.6 Å². The number of anilines is 3. The number of rotatable bonds is 4. The summed E-state index contributed by atoms with van der Waals surface area (Å²) in [6, 6.07) is 52.2. The highest BCUT2D eigenvalue weighted by molar-refractivity contribution is 7.25. The minimum Gasteiger partial charge on any atom is -0.310 e. The molecule has 0 aliphatic carbocycles. The van der Waals surface area contributed by atoms with Crippen LogP contribution < -0.4 is 4.90 Å². The molecule has 0 atom stereocenters. The van der Waals surface area contributed by atoms with E-state index in [1.54, 1.807) is 0 Å². The van der Waals surface area contributed by atoms with Gasteiger partial charge < -0.3 is 4.90 Å². The molecule has 8 aromatic rings. The van der Waals surface area contributed by atoms with Crippen LogP contribution in [0.2, 0.25) is 5.02 Å². The molecule has 7 aromatic carbocycles. The van der Waals surface area contributed by atoms with E-state index >= 15 is 0 Å². The molecule has 1 aromatic heterocycles. The van der Waals surface area contributed by atoms with Gasteiger partial charge in [0.25, 0.3) is 0 Å². The topological polar surface area (TPSA) is 3.24 Å². The Kier molecular flexibility index (Phi) is 5.77. The number of nitrogens with zero attached hydrogens (tertiary/aromatic N) is 1. The number of fused-ring (bicyclic) bond motifs is 6. The fourth-order valence-electron chi connectivity index (χ4n) is 5.90. The lowest BCUT2D eigenvalue weighted by Crippen LogP contribution is -2.09. The van der Waals surface area contributed by atoms with E-state index in [2.05, 4.69) is 138 Å². The van der Waals surface area contributed by atoms with E-state index in [1.807, 2.05) is 23.5 Å². The van der Waals surface area contributed by atoms with Crippen LogP contribution in [0.4, 0.5) is 17.1 Å². The largest absolute Gasteiger partial charge is 0.310 e. The minimum atomic E-state index is 0.759. The van der Waals surface area contributed by atoms with E-state index < -0.39 is 0 Å². The quantitative estimate of drug-likeness (QED) is 0.193. The van der Waals surface area contributed by atoms with Gasteiger partial charge in [0.05, 0.1) is 0 Å². The maximum atomic E-state index is 6.28. The first-order valence-corrected chi connectivity index (χ1v) is 14.9. The standard InChI is InChI=1S/C38H24ClNS/c39-29-14-19-33-27(22-29)10-11-28-23-31(17-20-34(28)33)40(30-15-12-26(13-16-30)25-6-2-1-3-7-25)32-18-21-36-35-8-4-5-9-37(35)41-38(36)24-32/h1-24H. The van der Waals surface area contributed by atoms with Gasteiger partial charge in [0.15, 0.2) is 0 Å². The van der Waals surface area contributed by atoms with Gasteiger partial charge in [-0.25, -0.2) is 0 Å². The minimum absolute atomic E-state index is 0.759. The van der Waals surface area contributed by atoms with E-state index in [9.17, 15) is 0 Å². The molecular formula is C38H24ClNS. The number of hydrogen-bond donors (Lipinski definition) is 0. The highest BCUT2D eigenvalue weighted by atomic mass is 35.5. The van der Waals surface area contributed by atoms with Crippen LogP contribution >= 0.6 is 22.9 Å².